The van der Waals surface area contributed by atoms with Gasteiger partial charge in [0.05, 0.1) is 5.52 Å². The van der Waals surface area contributed by atoms with Crippen molar-refractivity contribution < 1.29 is 0 Å². The molecule has 3 heteroatoms. The zero-order valence-corrected chi connectivity index (χ0v) is 8.91. The summed E-state index contributed by atoms with van der Waals surface area (Å²) in [6.45, 7) is 0. The standard InChI is InChI=1S/C12H11ClN2/c13-12-9(8-6-10(8)14)5-7-3-1-2-4-11(7)15-12/h1-5,8,10H,6,14H2. The Bertz CT molecular complexity index is 524. The van der Waals surface area contributed by atoms with Crippen LogP contribution in [0.4, 0.5) is 0 Å². The summed E-state index contributed by atoms with van der Waals surface area (Å²) < 4.78 is 0. The molecule has 0 radical (unpaired) electrons. The number of fused-ring (bicyclic) bond motifs is 1. The minimum Gasteiger partial charge on any atom is -0.327 e. The van der Waals surface area contributed by atoms with Crippen molar-refractivity contribution >= 4 is 22.5 Å². The molecular formula is C12H11ClN2. The molecule has 3 rings (SSSR count). The highest BCUT2D eigenvalue weighted by atomic mass is 35.5. The molecular weight excluding hydrogens is 208 g/mol. The van der Waals surface area contributed by atoms with Gasteiger partial charge in [-0.2, -0.15) is 0 Å². The van der Waals surface area contributed by atoms with E-state index in [4.69, 9.17) is 17.3 Å². The van der Waals surface area contributed by atoms with Gasteiger partial charge in [-0.15, -0.1) is 0 Å². The molecule has 2 atom stereocenters. The molecule has 2 nitrogen and oxygen atoms in total. The molecule has 1 aromatic heterocycles. The number of benzene rings is 1. The molecule has 1 saturated carbocycles. The molecule has 0 bridgehead atoms. The van der Waals surface area contributed by atoms with E-state index in [0.29, 0.717) is 11.1 Å². The maximum Gasteiger partial charge on any atom is 0.133 e. The van der Waals surface area contributed by atoms with Crippen molar-refractivity contribution in [2.24, 2.45) is 5.73 Å². The Morgan fingerprint density at radius 2 is 2.07 bits per heavy atom. The van der Waals surface area contributed by atoms with Gasteiger partial charge in [0, 0.05) is 17.3 Å². The van der Waals surface area contributed by atoms with Gasteiger partial charge < -0.3 is 5.73 Å². The third-order valence-corrected chi connectivity index (χ3v) is 3.25. The van der Waals surface area contributed by atoms with Crippen molar-refractivity contribution in [3.63, 3.8) is 0 Å². The fourth-order valence-corrected chi connectivity index (χ4v) is 2.23. The van der Waals surface area contributed by atoms with E-state index in [1.54, 1.807) is 0 Å². The van der Waals surface area contributed by atoms with Crippen LogP contribution in [0.15, 0.2) is 30.3 Å². The zero-order chi connectivity index (χ0) is 10.4. The first kappa shape index (κ1) is 9.13. The van der Waals surface area contributed by atoms with Crippen LogP contribution < -0.4 is 5.73 Å². The first-order chi connectivity index (χ1) is 7.25. The molecule has 2 unspecified atom stereocenters. The highest BCUT2D eigenvalue weighted by Gasteiger charge is 2.36. The van der Waals surface area contributed by atoms with Crippen LogP contribution in [0.3, 0.4) is 0 Å². The number of hydrogen-bond donors (Lipinski definition) is 1. The van der Waals surface area contributed by atoms with Crippen molar-refractivity contribution in [1.29, 1.82) is 0 Å². The molecule has 1 heterocycles. The fourth-order valence-electron chi connectivity index (χ4n) is 1.94. The van der Waals surface area contributed by atoms with Crippen molar-refractivity contribution in [3.8, 4) is 0 Å². The topological polar surface area (TPSA) is 38.9 Å². The van der Waals surface area contributed by atoms with Crippen molar-refractivity contribution in [2.75, 3.05) is 0 Å². The third kappa shape index (κ3) is 1.50. The maximum atomic E-state index is 6.14. The summed E-state index contributed by atoms with van der Waals surface area (Å²) in [6.07, 6.45) is 1.03. The minimum absolute atomic E-state index is 0.269. The molecule has 1 aromatic carbocycles. The summed E-state index contributed by atoms with van der Waals surface area (Å²) in [5.74, 6) is 0.412. The number of halogens is 1. The number of aromatic nitrogens is 1. The van der Waals surface area contributed by atoms with Gasteiger partial charge in [0.15, 0.2) is 0 Å². The smallest absolute Gasteiger partial charge is 0.133 e. The van der Waals surface area contributed by atoms with Gasteiger partial charge in [-0.05, 0) is 24.1 Å². The second-order valence-electron chi connectivity index (χ2n) is 4.07. The Morgan fingerprint density at radius 1 is 1.33 bits per heavy atom. The van der Waals surface area contributed by atoms with Crippen LogP contribution in [0.5, 0.6) is 0 Å². The molecule has 1 aliphatic rings. The highest BCUT2D eigenvalue weighted by Crippen LogP contribution is 2.42. The van der Waals surface area contributed by atoms with Crippen LogP contribution in [0.25, 0.3) is 10.9 Å². The van der Waals surface area contributed by atoms with Gasteiger partial charge in [-0.3, -0.25) is 0 Å². The van der Waals surface area contributed by atoms with Crippen LogP contribution in [0.1, 0.15) is 17.9 Å². The molecule has 15 heavy (non-hydrogen) atoms. The fraction of sp³-hybridized carbons (Fsp3) is 0.250. The minimum atomic E-state index is 0.269. The molecule has 76 valence electrons. The SMILES string of the molecule is NC1CC1c1cc2ccccc2nc1Cl. The Kier molecular flexibility index (Phi) is 1.94. The van der Waals surface area contributed by atoms with E-state index in [9.17, 15) is 0 Å². The summed E-state index contributed by atoms with van der Waals surface area (Å²) >= 11 is 6.14. The lowest BCUT2D eigenvalue weighted by molar-refractivity contribution is 0.985. The largest absolute Gasteiger partial charge is 0.327 e. The van der Waals surface area contributed by atoms with E-state index in [0.717, 1.165) is 22.9 Å². The van der Waals surface area contributed by atoms with E-state index in [-0.39, 0.29) is 6.04 Å². The van der Waals surface area contributed by atoms with Crippen molar-refractivity contribution in [2.45, 2.75) is 18.4 Å². The van der Waals surface area contributed by atoms with Gasteiger partial charge >= 0.3 is 0 Å². The van der Waals surface area contributed by atoms with Crippen molar-refractivity contribution in [3.05, 3.63) is 41.0 Å². The third-order valence-electron chi connectivity index (χ3n) is 2.94. The zero-order valence-electron chi connectivity index (χ0n) is 8.15. The van der Waals surface area contributed by atoms with Crippen LogP contribution in [-0.4, -0.2) is 11.0 Å². The Morgan fingerprint density at radius 3 is 2.80 bits per heavy atom. The lowest BCUT2D eigenvalue weighted by Gasteiger charge is -2.04. The Balaban J connectivity index is 2.19. The number of pyridine rings is 1. The van der Waals surface area contributed by atoms with Gasteiger partial charge in [0.1, 0.15) is 5.15 Å². The predicted octanol–water partition coefficient (Wildman–Crippen LogP) is 2.70. The van der Waals surface area contributed by atoms with Gasteiger partial charge in [0.2, 0.25) is 0 Å². The predicted molar refractivity (Wildman–Crippen MR) is 62.1 cm³/mol. The van der Waals surface area contributed by atoms with Gasteiger partial charge in [0.25, 0.3) is 0 Å². The number of hydrogen-bond acceptors (Lipinski definition) is 2. The average Bonchev–Trinajstić information content (AvgIpc) is 2.94. The monoisotopic (exact) mass is 218 g/mol. The number of nitrogens with two attached hydrogens (primary N) is 1. The normalized spacial score (nSPS) is 24.4. The first-order valence-electron chi connectivity index (χ1n) is 5.06. The molecule has 0 amide bonds. The molecule has 2 aromatic rings. The molecule has 2 N–H and O–H groups in total. The first-order valence-corrected chi connectivity index (χ1v) is 5.44. The Hall–Kier alpha value is -1.12. The maximum absolute atomic E-state index is 6.14. The summed E-state index contributed by atoms with van der Waals surface area (Å²) in [5.41, 5.74) is 7.87. The van der Waals surface area contributed by atoms with E-state index < -0.39 is 0 Å². The number of rotatable bonds is 1. The lowest BCUT2D eigenvalue weighted by atomic mass is 10.1. The molecule has 1 fully saturated rings. The number of para-hydroxylation sites is 1. The number of nitrogens with zero attached hydrogens (tertiary/aromatic N) is 1. The molecule has 1 aliphatic carbocycles. The second kappa shape index (κ2) is 3.19. The van der Waals surface area contributed by atoms with Gasteiger partial charge in [-0.1, -0.05) is 29.8 Å². The van der Waals surface area contributed by atoms with Crippen LogP contribution >= 0.6 is 11.6 Å². The average molecular weight is 219 g/mol. The highest BCUT2D eigenvalue weighted by molar-refractivity contribution is 6.30. The summed E-state index contributed by atoms with van der Waals surface area (Å²) in [7, 11) is 0. The van der Waals surface area contributed by atoms with E-state index in [1.165, 1.54) is 0 Å². The van der Waals surface area contributed by atoms with E-state index in [2.05, 4.69) is 17.1 Å². The summed E-state index contributed by atoms with van der Waals surface area (Å²) in [4.78, 5) is 4.38. The van der Waals surface area contributed by atoms with Crippen LogP contribution in [-0.2, 0) is 0 Å². The van der Waals surface area contributed by atoms with Crippen LogP contribution in [0.2, 0.25) is 5.15 Å². The molecule has 0 aliphatic heterocycles. The lowest BCUT2D eigenvalue weighted by Crippen LogP contribution is -2.01. The summed E-state index contributed by atoms with van der Waals surface area (Å²) in [5, 5.41) is 1.74. The van der Waals surface area contributed by atoms with Crippen LogP contribution in [0, 0.1) is 0 Å². The summed E-state index contributed by atoms with van der Waals surface area (Å²) in [6, 6.07) is 10.4. The quantitative estimate of drug-likeness (QED) is 0.748. The van der Waals surface area contributed by atoms with E-state index in [1.807, 2.05) is 18.2 Å². The molecule has 0 saturated heterocycles. The second-order valence-corrected chi connectivity index (χ2v) is 4.43. The Labute approximate surface area is 93.1 Å². The van der Waals surface area contributed by atoms with Crippen molar-refractivity contribution in [1.82, 2.24) is 4.98 Å². The van der Waals surface area contributed by atoms with Gasteiger partial charge in [-0.25, -0.2) is 4.98 Å². The molecule has 0 spiro atoms. The van der Waals surface area contributed by atoms with E-state index >= 15 is 0 Å².